The molecule has 2 nitrogen and oxygen atoms in total. The number of hydrogen-bond acceptors (Lipinski definition) is 2. The van der Waals surface area contributed by atoms with Gasteiger partial charge in [-0.05, 0) is 42.3 Å². The average Bonchev–Trinajstić information content (AvgIpc) is 2.88. The standard InChI is InChI=1S/C19H30N2/c1-19(2,3)16-9-7-15(8-10-16)14-20-17-11-13-21-12-5-4-6-18(17)21/h7-10,17-18,20H,4-6,11-14H2,1-3H3. The molecule has 0 aliphatic carbocycles. The second-order valence-corrected chi connectivity index (χ2v) is 7.82. The van der Waals surface area contributed by atoms with E-state index in [1.807, 2.05) is 0 Å². The van der Waals surface area contributed by atoms with Gasteiger partial charge in [0.05, 0.1) is 0 Å². The number of nitrogens with zero attached hydrogens (tertiary/aromatic N) is 1. The summed E-state index contributed by atoms with van der Waals surface area (Å²) in [5, 5.41) is 3.81. The van der Waals surface area contributed by atoms with Gasteiger partial charge in [0.2, 0.25) is 0 Å². The summed E-state index contributed by atoms with van der Waals surface area (Å²) in [6, 6.07) is 10.7. The van der Waals surface area contributed by atoms with E-state index in [-0.39, 0.29) is 5.41 Å². The summed E-state index contributed by atoms with van der Waals surface area (Å²) in [6.07, 6.45) is 5.53. The molecule has 2 heteroatoms. The molecule has 0 spiro atoms. The van der Waals surface area contributed by atoms with E-state index in [0.717, 1.165) is 12.6 Å². The zero-order valence-electron chi connectivity index (χ0n) is 13.9. The van der Waals surface area contributed by atoms with Gasteiger partial charge < -0.3 is 5.32 Å². The lowest BCUT2D eigenvalue weighted by Gasteiger charge is -2.32. The van der Waals surface area contributed by atoms with Crippen molar-refractivity contribution in [3.05, 3.63) is 35.4 Å². The Morgan fingerprint density at radius 2 is 1.81 bits per heavy atom. The zero-order chi connectivity index (χ0) is 14.9. The molecule has 2 saturated heterocycles. The fourth-order valence-corrected chi connectivity index (χ4v) is 3.86. The maximum absolute atomic E-state index is 3.81. The first-order valence-corrected chi connectivity index (χ1v) is 8.61. The molecule has 2 aliphatic heterocycles. The van der Waals surface area contributed by atoms with Gasteiger partial charge in [-0.3, -0.25) is 4.90 Å². The first kappa shape index (κ1) is 15.1. The number of nitrogens with one attached hydrogen (secondary N) is 1. The monoisotopic (exact) mass is 286 g/mol. The predicted octanol–water partition coefficient (Wildman–Crippen LogP) is 3.70. The van der Waals surface area contributed by atoms with Crippen molar-refractivity contribution in [2.75, 3.05) is 13.1 Å². The molecular formula is C19H30N2. The fourth-order valence-electron chi connectivity index (χ4n) is 3.86. The number of hydrogen-bond donors (Lipinski definition) is 1. The molecule has 21 heavy (non-hydrogen) atoms. The molecule has 2 fully saturated rings. The van der Waals surface area contributed by atoms with Crippen LogP contribution in [-0.4, -0.2) is 30.1 Å². The highest BCUT2D eigenvalue weighted by atomic mass is 15.2. The molecule has 2 unspecified atom stereocenters. The third-order valence-electron chi connectivity index (χ3n) is 5.24. The Balaban J connectivity index is 1.55. The molecule has 1 N–H and O–H groups in total. The van der Waals surface area contributed by atoms with E-state index in [1.54, 1.807) is 0 Å². The zero-order valence-corrected chi connectivity index (χ0v) is 13.9. The van der Waals surface area contributed by atoms with Crippen molar-refractivity contribution in [2.24, 2.45) is 0 Å². The Hall–Kier alpha value is -0.860. The lowest BCUT2D eigenvalue weighted by molar-refractivity contribution is 0.180. The minimum Gasteiger partial charge on any atom is -0.308 e. The van der Waals surface area contributed by atoms with Gasteiger partial charge in [0.25, 0.3) is 0 Å². The van der Waals surface area contributed by atoms with Crippen LogP contribution in [0.4, 0.5) is 0 Å². The number of piperidine rings is 1. The van der Waals surface area contributed by atoms with Crippen LogP contribution in [0.5, 0.6) is 0 Å². The van der Waals surface area contributed by atoms with Crippen LogP contribution in [0, 0.1) is 0 Å². The van der Waals surface area contributed by atoms with E-state index < -0.39 is 0 Å². The van der Waals surface area contributed by atoms with Crippen molar-refractivity contribution in [1.29, 1.82) is 0 Å². The molecule has 2 heterocycles. The Bertz CT molecular complexity index is 457. The van der Waals surface area contributed by atoms with Gasteiger partial charge in [0.15, 0.2) is 0 Å². The molecule has 0 bridgehead atoms. The molecule has 0 radical (unpaired) electrons. The number of rotatable bonds is 3. The molecule has 0 saturated carbocycles. The predicted molar refractivity (Wildman–Crippen MR) is 89.6 cm³/mol. The SMILES string of the molecule is CC(C)(C)c1ccc(CNC2CCN3CCCCC23)cc1. The number of fused-ring (bicyclic) bond motifs is 1. The summed E-state index contributed by atoms with van der Waals surface area (Å²) < 4.78 is 0. The Labute approximate surface area is 129 Å². The molecule has 116 valence electrons. The van der Waals surface area contributed by atoms with Crippen LogP contribution < -0.4 is 5.32 Å². The lowest BCUT2D eigenvalue weighted by atomic mass is 9.87. The molecule has 2 atom stereocenters. The molecule has 1 aromatic rings. The summed E-state index contributed by atoms with van der Waals surface area (Å²) in [5.41, 5.74) is 3.09. The van der Waals surface area contributed by atoms with Crippen molar-refractivity contribution in [1.82, 2.24) is 10.2 Å². The molecule has 0 amide bonds. The molecule has 0 aromatic heterocycles. The molecular weight excluding hydrogens is 256 g/mol. The van der Waals surface area contributed by atoms with E-state index >= 15 is 0 Å². The highest BCUT2D eigenvalue weighted by molar-refractivity contribution is 5.27. The summed E-state index contributed by atoms with van der Waals surface area (Å²) in [4.78, 5) is 2.70. The minimum absolute atomic E-state index is 0.250. The van der Waals surface area contributed by atoms with Crippen molar-refractivity contribution in [3.8, 4) is 0 Å². The van der Waals surface area contributed by atoms with Gasteiger partial charge >= 0.3 is 0 Å². The van der Waals surface area contributed by atoms with Gasteiger partial charge in [0, 0.05) is 25.2 Å². The summed E-state index contributed by atoms with van der Waals surface area (Å²) in [5.74, 6) is 0. The van der Waals surface area contributed by atoms with E-state index in [4.69, 9.17) is 0 Å². The van der Waals surface area contributed by atoms with Crippen LogP contribution in [0.2, 0.25) is 0 Å². The van der Waals surface area contributed by atoms with Gasteiger partial charge in [-0.1, -0.05) is 51.5 Å². The van der Waals surface area contributed by atoms with Gasteiger partial charge in [-0.15, -0.1) is 0 Å². The Morgan fingerprint density at radius 3 is 2.52 bits per heavy atom. The largest absolute Gasteiger partial charge is 0.308 e. The maximum atomic E-state index is 3.81. The summed E-state index contributed by atoms with van der Waals surface area (Å²) in [7, 11) is 0. The smallest absolute Gasteiger partial charge is 0.0249 e. The van der Waals surface area contributed by atoms with Crippen molar-refractivity contribution < 1.29 is 0 Å². The Morgan fingerprint density at radius 1 is 1.05 bits per heavy atom. The second-order valence-electron chi connectivity index (χ2n) is 7.82. The van der Waals surface area contributed by atoms with Crippen molar-refractivity contribution in [2.45, 2.75) is 70.5 Å². The first-order chi connectivity index (χ1) is 10.0. The second kappa shape index (κ2) is 6.10. The third-order valence-corrected chi connectivity index (χ3v) is 5.24. The van der Waals surface area contributed by atoms with Crippen molar-refractivity contribution in [3.63, 3.8) is 0 Å². The molecule has 1 aromatic carbocycles. The van der Waals surface area contributed by atoms with Crippen LogP contribution in [0.25, 0.3) is 0 Å². The van der Waals surface area contributed by atoms with Gasteiger partial charge in [-0.25, -0.2) is 0 Å². The van der Waals surface area contributed by atoms with E-state index in [2.05, 4.69) is 55.3 Å². The maximum Gasteiger partial charge on any atom is 0.0249 e. The van der Waals surface area contributed by atoms with Gasteiger partial charge in [-0.2, -0.15) is 0 Å². The van der Waals surface area contributed by atoms with Crippen LogP contribution in [0.15, 0.2) is 24.3 Å². The van der Waals surface area contributed by atoms with Crippen LogP contribution in [-0.2, 0) is 12.0 Å². The topological polar surface area (TPSA) is 15.3 Å². The number of benzene rings is 1. The Kier molecular flexibility index (Phi) is 4.37. The van der Waals surface area contributed by atoms with E-state index in [1.165, 1.54) is 49.9 Å². The third kappa shape index (κ3) is 3.49. The normalized spacial score (nSPS) is 26.8. The minimum atomic E-state index is 0.250. The quantitative estimate of drug-likeness (QED) is 0.911. The van der Waals surface area contributed by atoms with Crippen LogP contribution in [0.1, 0.15) is 57.6 Å². The van der Waals surface area contributed by atoms with Crippen molar-refractivity contribution >= 4 is 0 Å². The highest BCUT2D eigenvalue weighted by Gasteiger charge is 2.34. The van der Waals surface area contributed by atoms with Crippen LogP contribution >= 0.6 is 0 Å². The fraction of sp³-hybridized carbons (Fsp3) is 0.684. The average molecular weight is 286 g/mol. The molecule has 2 aliphatic rings. The first-order valence-electron chi connectivity index (χ1n) is 8.61. The summed E-state index contributed by atoms with van der Waals surface area (Å²) >= 11 is 0. The van der Waals surface area contributed by atoms with Crippen LogP contribution in [0.3, 0.4) is 0 Å². The summed E-state index contributed by atoms with van der Waals surface area (Å²) in [6.45, 7) is 10.5. The molecule has 3 rings (SSSR count). The lowest BCUT2D eigenvalue weighted by Crippen LogP contribution is -2.44. The van der Waals surface area contributed by atoms with Gasteiger partial charge in [0.1, 0.15) is 0 Å². The van der Waals surface area contributed by atoms with E-state index in [0.29, 0.717) is 6.04 Å². The highest BCUT2D eigenvalue weighted by Crippen LogP contribution is 2.27. The van der Waals surface area contributed by atoms with E-state index in [9.17, 15) is 0 Å².